The van der Waals surface area contributed by atoms with Gasteiger partial charge in [-0.1, -0.05) is 0 Å². The molecule has 23 heavy (non-hydrogen) atoms. The zero-order chi connectivity index (χ0) is 16.6. The van der Waals surface area contributed by atoms with Crippen LogP contribution in [-0.2, 0) is 11.2 Å². The van der Waals surface area contributed by atoms with E-state index in [-0.39, 0.29) is 17.9 Å². The van der Waals surface area contributed by atoms with E-state index < -0.39 is 17.5 Å². The second-order valence-corrected chi connectivity index (χ2v) is 5.13. The molecule has 118 valence electrons. The van der Waals surface area contributed by atoms with Crippen molar-refractivity contribution in [3.8, 4) is 0 Å². The highest BCUT2D eigenvalue weighted by molar-refractivity contribution is 5.91. The first kappa shape index (κ1) is 15.0. The Bertz CT molecular complexity index is 906. The van der Waals surface area contributed by atoms with Gasteiger partial charge in [0.05, 0.1) is 12.1 Å². The van der Waals surface area contributed by atoms with Gasteiger partial charge in [0.25, 0.3) is 5.78 Å². The lowest BCUT2D eigenvalue weighted by atomic mass is 10.3. The maximum Gasteiger partial charge on any atom is 0.252 e. The van der Waals surface area contributed by atoms with Crippen LogP contribution in [0, 0.1) is 25.5 Å². The Hall–Kier alpha value is -2.90. The molecule has 0 fully saturated rings. The lowest BCUT2D eigenvalue weighted by molar-refractivity contribution is -0.115. The normalized spacial score (nSPS) is 11.0. The largest absolute Gasteiger partial charge is 0.323 e. The van der Waals surface area contributed by atoms with Crippen molar-refractivity contribution in [2.24, 2.45) is 0 Å². The number of rotatable bonds is 3. The lowest BCUT2D eigenvalue weighted by Gasteiger charge is -2.04. The number of nitrogens with zero attached hydrogens (tertiary/aromatic N) is 4. The Labute approximate surface area is 130 Å². The fraction of sp³-hybridized carbons (Fsp3) is 0.200. The first-order valence-electron chi connectivity index (χ1n) is 6.87. The van der Waals surface area contributed by atoms with Gasteiger partial charge in [-0.15, -0.1) is 5.10 Å². The molecule has 0 bridgehead atoms. The Kier molecular flexibility index (Phi) is 3.73. The first-order chi connectivity index (χ1) is 10.9. The first-order valence-corrected chi connectivity index (χ1v) is 6.87. The van der Waals surface area contributed by atoms with E-state index in [1.165, 1.54) is 4.52 Å². The topological polar surface area (TPSA) is 72.2 Å². The zero-order valence-corrected chi connectivity index (χ0v) is 12.5. The van der Waals surface area contributed by atoms with Gasteiger partial charge in [-0.05, 0) is 32.0 Å². The van der Waals surface area contributed by atoms with Crippen LogP contribution < -0.4 is 5.32 Å². The second-order valence-electron chi connectivity index (χ2n) is 5.13. The van der Waals surface area contributed by atoms with E-state index in [0.29, 0.717) is 11.8 Å². The fourth-order valence-corrected chi connectivity index (χ4v) is 2.21. The van der Waals surface area contributed by atoms with Gasteiger partial charge in [0.2, 0.25) is 5.91 Å². The number of halogens is 2. The highest BCUT2D eigenvalue weighted by Crippen LogP contribution is 2.15. The monoisotopic (exact) mass is 317 g/mol. The molecule has 0 saturated carbocycles. The van der Waals surface area contributed by atoms with Gasteiger partial charge in [-0.3, -0.25) is 4.79 Å². The minimum atomic E-state index is -0.838. The average Bonchev–Trinajstić information content (AvgIpc) is 2.84. The highest BCUT2D eigenvalue weighted by Gasteiger charge is 2.13. The summed E-state index contributed by atoms with van der Waals surface area (Å²) in [6.07, 6.45) is -0.140. The van der Waals surface area contributed by atoms with Gasteiger partial charge in [0, 0.05) is 17.5 Å². The molecule has 0 aliphatic rings. The number of fused-ring (bicyclic) bond motifs is 1. The number of carbonyl (C=O) groups is 1. The van der Waals surface area contributed by atoms with Gasteiger partial charge < -0.3 is 5.32 Å². The van der Waals surface area contributed by atoms with Crippen molar-refractivity contribution in [3.63, 3.8) is 0 Å². The van der Waals surface area contributed by atoms with Crippen LogP contribution in [0.3, 0.4) is 0 Å². The number of aromatic nitrogens is 4. The molecule has 0 aliphatic carbocycles. The molecule has 3 aromatic rings. The maximum absolute atomic E-state index is 13.5. The van der Waals surface area contributed by atoms with Gasteiger partial charge in [-0.25, -0.2) is 18.3 Å². The highest BCUT2D eigenvalue weighted by atomic mass is 19.1. The van der Waals surface area contributed by atoms with E-state index in [1.807, 2.05) is 19.9 Å². The minimum absolute atomic E-state index is 0.0923. The Balaban J connectivity index is 1.79. The van der Waals surface area contributed by atoms with Crippen molar-refractivity contribution >= 4 is 17.4 Å². The predicted octanol–water partition coefficient (Wildman–Crippen LogP) is 2.20. The molecule has 0 unspecified atom stereocenters. The molecule has 1 amide bonds. The molecule has 6 nitrogen and oxygen atoms in total. The number of hydrogen-bond donors (Lipinski definition) is 1. The summed E-state index contributed by atoms with van der Waals surface area (Å²) < 4.78 is 27.9. The van der Waals surface area contributed by atoms with Crippen molar-refractivity contribution in [1.29, 1.82) is 0 Å². The molecule has 0 aliphatic heterocycles. The zero-order valence-electron chi connectivity index (χ0n) is 12.5. The van der Waals surface area contributed by atoms with Crippen molar-refractivity contribution in [2.75, 3.05) is 5.32 Å². The summed E-state index contributed by atoms with van der Waals surface area (Å²) in [5, 5.41) is 6.57. The van der Waals surface area contributed by atoms with Gasteiger partial charge in [0.15, 0.2) is 5.82 Å². The van der Waals surface area contributed by atoms with Crippen LogP contribution in [-0.4, -0.2) is 25.5 Å². The summed E-state index contributed by atoms with van der Waals surface area (Å²) in [5.74, 6) is -1.38. The van der Waals surface area contributed by atoms with Crippen LogP contribution in [0.4, 0.5) is 14.5 Å². The van der Waals surface area contributed by atoms with Crippen LogP contribution in [0.25, 0.3) is 5.78 Å². The summed E-state index contributed by atoms with van der Waals surface area (Å²) in [7, 11) is 0. The molecule has 0 spiro atoms. The summed E-state index contributed by atoms with van der Waals surface area (Å²) in [6.45, 7) is 3.69. The van der Waals surface area contributed by atoms with Gasteiger partial charge in [0.1, 0.15) is 11.6 Å². The number of hydrogen-bond acceptors (Lipinski definition) is 4. The van der Waals surface area contributed by atoms with E-state index in [0.717, 1.165) is 23.5 Å². The summed E-state index contributed by atoms with van der Waals surface area (Å²) in [6, 6.07) is 4.78. The van der Waals surface area contributed by atoms with Crippen LogP contribution in [0.15, 0.2) is 24.3 Å². The van der Waals surface area contributed by atoms with E-state index in [2.05, 4.69) is 20.4 Å². The molecular weight excluding hydrogens is 304 g/mol. The number of anilines is 1. The van der Waals surface area contributed by atoms with Crippen LogP contribution in [0.2, 0.25) is 0 Å². The molecular formula is C15H13F2N5O. The van der Waals surface area contributed by atoms with Crippen LogP contribution in [0.5, 0.6) is 0 Å². The molecule has 1 N–H and O–H groups in total. The third kappa shape index (κ3) is 3.15. The van der Waals surface area contributed by atoms with E-state index >= 15 is 0 Å². The minimum Gasteiger partial charge on any atom is -0.323 e. The molecule has 8 heteroatoms. The van der Waals surface area contributed by atoms with E-state index in [9.17, 15) is 13.6 Å². The SMILES string of the molecule is Cc1cc(C)n2nc(CC(=O)Nc3ccc(F)cc3F)nc2n1. The van der Waals surface area contributed by atoms with Gasteiger partial charge >= 0.3 is 0 Å². The van der Waals surface area contributed by atoms with Crippen molar-refractivity contribution < 1.29 is 13.6 Å². The molecule has 2 aromatic heterocycles. The average molecular weight is 317 g/mol. The van der Waals surface area contributed by atoms with Crippen molar-refractivity contribution in [3.05, 3.63) is 53.1 Å². The second kappa shape index (κ2) is 5.71. The smallest absolute Gasteiger partial charge is 0.252 e. The summed E-state index contributed by atoms with van der Waals surface area (Å²) in [4.78, 5) is 20.4. The standard InChI is InChI=1S/C15H13F2N5O/c1-8-5-9(2)22-15(18-8)20-13(21-22)7-14(23)19-12-4-3-10(16)6-11(12)17/h3-6H,7H2,1-2H3,(H,19,23). The molecule has 0 saturated heterocycles. The number of amides is 1. The van der Waals surface area contributed by atoms with Gasteiger partial charge in [-0.2, -0.15) is 4.98 Å². The molecule has 2 heterocycles. The van der Waals surface area contributed by atoms with Crippen molar-refractivity contribution in [1.82, 2.24) is 19.6 Å². The Morgan fingerprint density at radius 2 is 2.00 bits per heavy atom. The maximum atomic E-state index is 13.5. The fourth-order valence-electron chi connectivity index (χ4n) is 2.21. The molecule has 0 atom stereocenters. The lowest BCUT2D eigenvalue weighted by Crippen LogP contribution is -2.16. The number of nitrogens with one attached hydrogen (secondary N) is 1. The predicted molar refractivity (Wildman–Crippen MR) is 78.9 cm³/mol. The summed E-state index contributed by atoms with van der Waals surface area (Å²) >= 11 is 0. The third-order valence-electron chi connectivity index (χ3n) is 3.19. The molecule has 1 aromatic carbocycles. The third-order valence-corrected chi connectivity index (χ3v) is 3.19. The number of carbonyl (C=O) groups excluding carboxylic acids is 1. The van der Waals surface area contributed by atoms with Crippen LogP contribution in [0.1, 0.15) is 17.2 Å². The quantitative estimate of drug-likeness (QED) is 0.804. The molecule has 0 radical (unpaired) electrons. The van der Waals surface area contributed by atoms with E-state index in [1.54, 1.807) is 0 Å². The Morgan fingerprint density at radius 3 is 2.74 bits per heavy atom. The number of aryl methyl sites for hydroxylation is 2. The van der Waals surface area contributed by atoms with E-state index in [4.69, 9.17) is 0 Å². The molecule has 3 rings (SSSR count). The number of benzene rings is 1. The summed E-state index contributed by atoms with van der Waals surface area (Å²) in [5.41, 5.74) is 1.55. The Morgan fingerprint density at radius 1 is 1.22 bits per heavy atom. The van der Waals surface area contributed by atoms with Crippen LogP contribution >= 0.6 is 0 Å². The van der Waals surface area contributed by atoms with Crippen molar-refractivity contribution in [2.45, 2.75) is 20.3 Å².